The summed E-state index contributed by atoms with van der Waals surface area (Å²) in [6.07, 6.45) is 0. The van der Waals surface area contributed by atoms with Crippen LogP contribution in [-0.2, 0) is 9.59 Å². The van der Waals surface area contributed by atoms with E-state index in [1.807, 2.05) is 5.32 Å². The lowest BCUT2D eigenvalue weighted by molar-refractivity contribution is -0.384. The molecule has 0 unspecified atom stereocenters. The zero-order valence-electron chi connectivity index (χ0n) is 8.25. The van der Waals surface area contributed by atoms with Gasteiger partial charge >= 0.3 is 17.8 Å². The van der Waals surface area contributed by atoms with Gasteiger partial charge in [-0.25, -0.2) is 9.69 Å². The van der Waals surface area contributed by atoms with Gasteiger partial charge in [0.15, 0.2) is 0 Å². The van der Waals surface area contributed by atoms with E-state index in [2.05, 4.69) is 0 Å². The zero-order valence-corrected chi connectivity index (χ0v) is 8.25. The second-order valence-electron chi connectivity index (χ2n) is 3.17. The van der Waals surface area contributed by atoms with Gasteiger partial charge in [-0.05, 0) is 12.1 Å². The first-order valence-corrected chi connectivity index (χ1v) is 4.44. The van der Waals surface area contributed by atoms with Gasteiger partial charge in [0.1, 0.15) is 0 Å². The Labute approximate surface area is 94.0 Å². The lowest BCUT2D eigenvalue weighted by atomic mass is 10.2. The molecule has 1 aliphatic heterocycles. The second-order valence-corrected chi connectivity index (χ2v) is 3.17. The van der Waals surface area contributed by atoms with Gasteiger partial charge in [-0.1, -0.05) is 0 Å². The fraction of sp³-hybridized carbons (Fsp3) is 0. The molecule has 1 aromatic rings. The number of nitro benzene ring substituents is 1. The standard InChI is InChI=1S/C9H5N3O5/c13-7-8(14)11(9(15)10-7)5-1-3-6(4-2-5)12(16)17/h1-4H,(H,10,13,15). The van der Waals surface area contributed by atoms with E-state index in [1.165, 1.54) is 12.1 Å². The maximum atomic E-state index is 11.3. The van der Waals surface area contributed by atoms with Gasteiger partial charge in [0.2, 0.25) is 0 Å². The minimum absolute atomic E-state index is 0.101. The lowest BCUT2D eigenvalue weighted by Gasteiger charge is -2.10. The van der Waals surface area contributed by atoms with Crippen LogP contribution in [0.25, 0.3) is 0 Å². The largest absolute Gasteiger partial charge is 0.336 e. The van der Waals surface area contributed by atoms with Crippen LogP contribution in [-0.4, -0.2) is 22.8 Å². The van der Waals surface area contributed by atoms with Crippen LogP contribution in [0, 0.1) is 10.1 Å². The Morgan fingerprint density at radius 2 is 1.71 bits per heavy atom. The van der Waals surface area contributed by atoms with Crippen molar-refractivity contribution in [1.29, 1.82) is 0 Å². The van der Waals surface area contributed by atoms with Gasteiger partial charge in [-0.15, -0.1) is 0 Å². The van der Waals surface area contributed by atoms with E-state index in [0.29, 0.717) is 4.90 Å². The van der Waals surface area contributed by atoms with Gasteiger partial charge in [-0.3, -0.25) is 25.0 Å². The molecular weight excluding hydrogens is 230 g/mol. The zero-order chi connectivity index (χ0) is 12.6. The van der Waals surface area contributed by atoms with Crippen LogP contribution in [0.3, 0.4) is 0 Å². The van der Waals surface area contributed by atoms with Crippen LogP contribution in [0.1, 0.15) is 0 Å². The van der Waals surface area contributed by atoms with E-state index in [-0.39, 0.29) is 11.4 Å². The monoisotopic (exact) mass is 235 g/mol. The topological polar surface area (TPSA) is 110 Å². The van der Waals surface area contributed by atoms with Crippen LogP contribution >= 0.6 is 0 Å². The van der Waals surface area contributed by atoms with Crippen molar-refractivity contribution in [1.82, 2.24) is 5.32 Å². The molecule has 1 aliphatic rings. The van der Waals surface area contributed by atoms with E-state index in [4.69, 9.17) is 0 Å². The van der Waals surface area contributed by atoms with Gasteiger partial charge < -0.3 is 0 Å². The van der Waals surface area contributed by atoms with Gasteiger partial charge in [0, 0.05) is 12.1 Å². The van der Waals surface area contributed by atoms with E-state index in [0.717, 1.165) is 12.1 Å². The number of non-ortho nitro benzene ring substituents is 1. The molecule has 0 atom stereocenters. The average Bonchev–Trinajstić information content (AvgIpc) is 2.53. The number of hydrogen-bond donors (Lipinski definition) is 1. The van der Waals surface area contributed by atoms with Crippen molar-refractivity contribution >= 4 is 29.2 Å². The molecule has 0 aromatic heterocycles. The summed E-state index contributed by atoms with van der Waals surface area (Å²) in [5, 5.41) is 12.2. The summed E-state index contributed by atoms with van der Waals surface area (Å²) in [5.41, 5.74) is -0.0731. The number of rotatable bonds is 2. The number of benzene rings is 1. The van der Waals surface area contributed by atoms with Crippen LogP contribution in [0.5, 0.6) is 0 Å². The van der Waals surface area contributed by atoms with Crippen molar-refractivity contribution < 1.29 is 19.3 Å². The highest BCUT2D eigenvalue weighted by Crippen LogP contribution is 2.21. The molecule has 0 bridgehead atoms. The molecule has 4 amide bonds. The highest BCUT2D eigenvalue weighted by atomic mass is 16.6. The third-order valence-electron chi connectivity index (χ3n) is 2.14. The summed E-state index contributed by atoms with van der Waals surface area (Å²) in [4.78, 5) is 43.9. The predicted molar refractivity (Wildman–Crippen MR) is 54.1 cm³/mol. The average molecular weight is 235 g/mol. The highest BCUT2D eigenvalue weighted by Gasteiger charge is 2.38. The van der Waals surface area contributed by atoms with Crippen molar-refractivity contribution in [3.8, 4) is 0 Å². The summed E-state index contributed by atoms with van der Waals surface area (Å²) in [7, 11) is 0. The minimum atomic E-state index is -1.02. The third kappa shape index (κ3) is 1.71. The molecule has 0 radical (unpaired) electrons. The second kappa shape index (κ2) is 3.67. The van der Waals surface area contributed by atoms with Crippen molar-refractivity contribution in [2.45, 2.75) is 0 Å². The molecule has 0 spiro atoms. The lowest BCUT2D eigenvalue weighted by Crippen LogP contribution is -2.30. The fourth-order valence-corrected chi connectivity index (χ4v) is 1.36. The van der Waals surface area contributed by atoms with Crippen LogP contribution < -0.4 is 10.2 Å². The smallest absolute Gasteiger partial charge is 0.269 e. The summed E-state index contributed by atoms with van der Waals surface area (Å²) in [6, 6.07) is 3.84. The Kier molecular flexibility index (Phi) is 2.32. The molecule has 8 nitrogen and oxygen atoms in total. The van der Waals surface area contributed by atoms with Gasteiger partial charge in [0.25, 0.3) is 5.69 Å². The molecule has 1 aromatic carbocycles. The Morgan fingerprint density at radius 3 is 2.12 bits per heavy atom. The number of anilines is 1. The van der Waals surface area contributed by atoms with Crippen molar-refractivity contribution in [2.24, 2.45) is 0 Å². The Morgan fingerprint density at radius 1 is 1.12 bits per heavy atom. The summed E-state index contributed by atoms with van der Waals surface area (Å²) in [6.45, 7) is 0. The quantitative estimate of drug-likeness (QED) is 0.340. The molecule has 1 heterocycles. The molecule has 0 aliphatic carbocycles. The number of nitrogens with zero attached hydrogens (tertiary/aromatic N) is 2. The first kappa shape index (κ1) is 10.7. The summed E-state index contributed by atoms with van der Waals surface area (Å²) < 4.78 is 0. The fourth-order valence-electron chi connectivity index (χ4n) is 1.36. The SMILES string of the molecule is O=C1NC(=O)N(c2ccc([N+](=O)[O-])cc2)C1=O. The van der Waals surface area contributed by atoms with E-state index in [1.54, 1.807) is 0 Å². The summed E-state index contributed by atoms with van der Waals surface area (Å²) >= 11 is 0. The van der Waals surface area contributed by atoms with Crippen molar-refractivity contribution in [3.63, 3.8) is 0 Å². The minimum Gasteiger partial charge on any atom is -0.269 e. The molecule has 86 valence electrons. The molecular formula is C9H5N3O5. The number of imide groups is 2. The predicted octanol–water partition coefficient (Wildman–Crippen LogP) is 0.178. The Balaban J connectivity index is 2.35. The number of hydrogen-bond acceptors (Lipinski definition) is 5. The molecule has 1 saturated heterocycles. The maximum absolute atomic E-state index is 11.3. The molecule has 1 fully saturated rings. The Hall–Kier alpha value is -2.77. The Bertz CT molecular complexity index is 536. The van der Waals surface area contributed by atoms with Gasteiger partial charge in [-0.2, -0.15) is 0 Å². The number of carbonyl (C=O) groups is 3. The molecule has 1 N–H and O–H groups in total. The number of amides is 4. The van der Waals surface area contributed by atoms with Crippen molar-refractivity contribution in [2.75, 3.05) is 4.90 Å². The number of nitrogens with one attached hydrogen (secondary N) is 1. The normalized spacial score (nSPS) is 15.1. The van der Waals surface area contributed by atoms with Crippen LogP contribution in [0.2, 0.25) is 0 Å². The number of nitro groups is 1. The molecule has 2 rings (SSSR count). The molecule has 8 heteroatoms. The van der Waals surface area contributed by atoms with Gasteiger partial charge in [0.05, 0.1) is 10.6 Å². The number of urea groups is 1. The van der Waals surface area contributed by atoms with Crippen LogP contribution in [0.15, 0.2) is 24.3 Å². The van der Waals surface area contributed by atoms with E-state index < -0.39 is 22.8 Å². The molecule has 0 saturated carbocycles. The number of carbonyl (C=O) groups excluding carboxylic acids is 3. The van der Waals surface area contributed by atoms with Crippen LogP contribution in [0.4, 0.5) is 16.2 Å². The van der Waals surface area contributed by atoms with Crippen molar-refractivity contribution in [3.05, 3.63) is 34.4 Å². The van der Waals surface area contributed by atoms with E-state index in [9.17, 15) is 24.5 Å². The first-order chi connectivity index (χ1) is 8.00. The van der Waals surface area contributed by atoms with E-state index >= 15 is 0 Å². The maximum Gasteiger partial charge on any atom is 0.336 e. The first-order valence-electron chi connectivity index (χ1n) is 4.44. The summed E-state index contributed by atoms with van der Waals surface area (Å²) in [5.74, 6) is -2.03. The third-order valence-corrected chi connectivity index (χ3v) is 2.14. The molecule has 17 heavy (non-hydrogen) atoms. The highest BCUT2D eigenvalue weighted by molar-refractivity contribution is 6.53.